The Bertz CT molecular complexity index is 301. The molecule has 1 heterocycles. The Kier molecular flexibility index (Phi) is 3.43. The molecule has 1 aromatic rings. The summed E-state index contributed by atoms with van der Waals surface area (Å²) in [6.07, 6.45) is 3.86. The molecule has 13 heavy (non-hydrogen) atoms. The number of rotatable bonds is 3. The van der Waals surface area contributed by atoms with Gasteiger partial charge in [0.05, 0.1) is 0 Å². The average molecular weight is 177 g/mol. The summed E-state index contributed by atoms with van der Waals surface area (Å²) in [5.41, 5.74) is 2.27. The molecule has 0 aliphatic heterocycles. The summed E-state index contributed by atoms with van der Waals surface area (Å²) >= 11 is 0. The molecule has 1 N–H and O–H groups in total. The van der Waals surface area contributed by atoms with Crippen LogP contribution in [0.3, 0.4) is 0 Å². The van der Waals surface area contributed by atoms with E-state index in [2.05, 4.69) is 35.2 Å². The maximum absolute atomic E-state index is 4.22. The summed E-state index contributed by atoms with van der Waals surface area (Å²) in [6, 6.07) is 1.88. The van der Waals surface area contributed by atoms with E-state index in [9.17, 15) is 0 Å². The Labute approximate surface area is 78.9 Å². The number of nitrogens with zero attached hydrogens (tertiary/aromatic N) is 2. The fourth-order valence-corrected chi connectivity index (χ4v) is 0.881. The summed E-state index contributed by atoms with van der Waals surface area (Å²) in [5, 5.41) is 3.12. The smallest absolute Gasteiger partial charge is 0.223 e. The van der Waals surface area contributed by atoms with Gasteiger partial charge in [-0.3, -0.25) is 0 Å². The van der Waals surface area contributed by atoms with Crippen LogP contribution >= 0.6 is 0 Å². The molecule has 0 aromatic carbocycles. The van der Waals surface area contributed by atoms with E-state index in [0.29, 0.717) is 5.95 Å². The van der Waals surface area contributed by atoms with Gasteiger partial charge in [0.1, 0.15) is 0 Å². The van der Waals surface area contributed by atoms with Gasteiger partial charge in [-0.15, -0.1) is 0 Å². The molecule has 0 saturated carbocycles. The zero-order chi connectivity index (χ0) is 9.68. The van der Waals surface area contributed by atoms with Crippen LogP contribution < -0.4 is 5.32 Å². The molecular weight excluding hydrogens is 162 g/mol. The summed E-state index contributed by atoms with van der Waals surface area (Å²) in [4.78, 5) is 8.30. The van der Waals surface area contributed by atoms with Crippen LogP contribution in [0.25, 0.3) is 0 Å². The lowest BCUT2D eigenvalue weighted by molar-refractivity contribution is 1.07. The van der Waals surface area contributed by atoms with Crippen LogP contribution in [0.5, 0.6) is 0 Å². The van der Waals surface area contributed by atoms with Crippen molar-refractivity contribution in [3.8, 4) is 0 Å². The van der Waals surface area contributed by atoms with Gasteiger partial charge in [0, 0.05) is 18.4 Å². The summed E-state index contributed by atoms with van der Waals surface area (Å²) in [7, 11) is 0. The van der Waals surface area contributed by atoms with Gasteiger partial charge < -0.3 is 5.32 Å². The highest BCUT2D eigenvalue weighted by molar-refractivity contribution is 5.26. The second-order valence-corrected chi connectivity index (χ2v) is 3.18. The Morgan fingerprint density at radius 1 is 1.54 bits per heavy atom. The van der Waals surface area contributed by atoms with Gasteiger partial charge in [0.25, 0.3) is 0 Å². The molecule has 0 saturated heterocycles. The minimum Gasteiger partial charge on any atom is -0.351 e. The van der Waals surface area contributed by atoms with E-state index in [1.807, 2.05) is 13.0 Å². The predicted octanol–water partition coefficient (Wildman–Crippen LogP) is 2.16. The highest BCUT2D eigenvalue weighted by Crippen LogP contribution is 1.98. The number of hydrogen-bond donors (Lipinski definition) is 1. The summed E-state index contributed by atoms with van der Waals surface area (Å²) in [6.45, 7) is 6.87. The number of allylic oxidation sites excluding steroid dienone is 1. The lowest BCUT2D eigenvalue weighted by Crippen LogP contribution is -2.03. The fraction of sp³-hybridized carbons (Fsp3) is 0.400. The minimum absolute atomic E-state index is 0.692. The standard InChI is InChI=1S/C10H15N3/c1-8(2)4-6-11-10-12-7-5-9(3)13-10/h4-5,7H,6H2,1-3H3,(H,11,12,13). The van der Waals surface area contributed by atoms with Gasteiger partial charge >= 0.3 is 0 Å². The van der Waals surface area contributed by atoms with Gasteiger partial charge in [-0.1, -0.05) is 11.6 Å². The van der Waals surface area contributed by atoms with Crippen molar-refractivity contribution in [3.05, 3.63) is 29.6 Å². The van der Waals surface area contributed by atoms with E-state index in [4.69, 9.17) is 0 Å². The zero-order valence-electron chi connectivity index (χ0n) is 8.33. The highest BCUT2D eigenvalue weighted by Gasteiger charge is 1.92. The first-order chi connectivity index (χ1) is 6.18. The van der Waals surface area contributed by atoms with Gasteiger partial charge in [-0.25, -0.2) is 9.97 Å². The molecule has 3 heteroatoms. The molecule has 3 nitrogen and oxygen atoms in total. The van der Waals surface area contributed by atoms with Crippen molar-refractivity contribution >= 4 is 5.95 Å². The molecule has 0 fully saturated rings. The zero-order valence-corrected chi connectivity index (χ0v) is 8.33. The van der Waals surface area contributed by atoms with Crippen LogP contribution in [0, 0.1) is 6.92 Å². The molecule has 0 aliphatic carbocycles. The number of aryl methyl sites for hydroxylation is 1. The molecule has 0 aliphatic rings. The lowest BCUT2D eigenvalue weighted by atomic mass is 10.3. The normalized spacial score (nSPS) is 9.46. The number of hydrogen-bond acceptors (Lipinski definition) is 3. The lowest BCUT2D eigenvalue weighted by Gasteiger charge is -2.01. The third-order valence-corrected chi connectivity index (χ3v) is 1.57. The third-order valence-electron chi connectivity index (χ3n) is 1.57. The summed E-state index contributed by atoms with van der Waals surface area (Å²) < 4.78 is 0. The Hall–Kier alpha value is -1.38. The monoisotopic (exact) mass is 177 g/mol. The first-order valence-corrected chi connectivity index (χ1v) is 4.35. The fourth-order valence-electron chi connectivity index (χ4n) is 0.881. The largest absolute Gasteiger partial charge is 0.351 e. The van der Waals surface area contributed by atoms with Crippen LogP contribution in [0.4, 0.5) is 5.95 Å². The van der Waals surface area contributed by atoms with E-state index in [0.717, 1.165) is 12.2 Å². The number of aromatic nitrogens is 2. The quantitative estimate of drug-likeness (QED) is 0.719. The molecule has 0 spiro atoms. The van der Waals surface area contributed by atoms with Crippen molar-refractivity contribution in [1.82, 2.24) is 9.97 Å². The van der Waals surface area contributed by atoms with Gasteiger partial charge in [0.2, 0.25) is 5.95 Å². The first kappa shape index (κ1) is 9.71. The van der Waals surface area contributed by atoms with Crippen LogP contribution in [0.15, 0.2) is 23.9 Å². The van der Waals surface area contributed by atoms with Crippen LogP contribution in [-0.4, -0.2) is 16.5 Å². The van der Waals surface area contributed by atoms with E-state index in [1.165, 1.54) is 5.57 Å². The molecule has 0 bridgehead atoms. The molecular formula is C10H15N3. The highest BCUT2D eigenvalue weighted by atomic mass is 15.1. The molecule has 0 radical (unpaired) electrons. The maximum Gasteiger partial charge on any atom is 0.223 e. The average Bonchev–Trinajstić information content (AvgIpc) is 2.03. The minimum atomic E-state index is 0.692. The van der Waals surface area contributed by atoms with Crippen molar-refractivity contribution in [3.63, 3.8) is 0 Å². The third kappa shape index (κ3) is 3.69. The maximum atomic E-state index is 4.22. The van der Waals surface area contributed by atoms with Gasteiger partial charge in [0.15, 0.2) is 0 Å². The summed E-state index contributed by atoms with van der Waals surface area (Å²) in [5.74, 6) is 0.692. The van der Waals surface area contributed by atoms with E-state index < -0.39 is 0 Å². The predicted molar refractivity (Wildman–Crippen MR) is 54.7 cm³/mol. The van der Waals surface area contributed by atoms with E-state index >= 15 is 0 Å². The van der Waals surface area contributed by atoms with Crippen molar-refractivity contribution in [1.29, 1.82) is 0 Å². The van der Waals surface area contributed by atoms with E-state index in [1.54, 1.807) is 6.20 Å². The Morgan fingerprint density at radius 2 is 2.31 bits per heavy atom. The number of nitrogens with one attached hydrogen (secondary N) is 1. The molecule has 0 amide bonds. The molecule has 1 aromatic heterocycles. The molecule has 0 unspecified atom stereocenters. The topological polar surface area (TPSA) is 37.8 Å². The van der Waals surface area contributed by atoms with E-state index in [-0.39, 0.29) is 0 Å². The van der Waals surface area contributed by atoms with Gasteiger partial charge in [-0.2, -0.15) is 0 Å². The first-order valence-electron chi connectivity index (χ1n) is 4.35. The molecule has 70 valence electrons. The second kappa shape index (κ2) is 4.60. The molecule has 0 atom stereocenters. The Morgan fingerprint density at radius 3 is 2.92 bits per heavy atom. The van der Waals surface area contributed by atoms with Crippen molar-refractivity contribution < 1.29 is 0 Å². The van der Waals surface area contributed by atoms with Crippen molar-refractivity contribution in [2.45, 2.75) is 20.8 Å². The van der Waals surface area contributed by atoms with Crippen molar-refractivity contribution in [2.24, 2.45) is 0 Å². The van der Waals surface area contributed by atoms with Gasteiger partial charge in [-0.05, 0) is 26.8 Å². The Balaban J connectivity index is 2.50. The SMILES string of the molecule is CC(C)=CCNc1nccc(C)n1. The van der Waals surface area contributed by atoms with Crippen LogP contribution in [-0.2, 0) is 0 Å². The second-order valence-electron chi connectivity index (χ2n) is 3.18. The van der Waals surface area contributed by atoms with Crippen LogP contribution in [0.1, 0.15) is 19.5 Å². The molecule has 1 rings (SSSR count). The number of anilines is 1. The van der Waals surface area contributed by atoms with Crippen molar-refractivity contribution in [2.75, 3.05) is 11.9 Å². The van der Waals surface area contributed by atoms with Crippen LogP contribution in [0.2, 0.25) is 0 Å².